The molecule has 0 atom stereocenters. The molecule has 3 aromatic rings. The topological polar surface area (TPSA) is 68.5 Å². The zero-order valence-corrected chi connectivity index (χ0v) is 14.9. The molecule has 4 rings (SSSR count). The fourth-order valence-electron chi connectivity index (χ4n) is 3.50. The van der Waals surface area contributed by atoms with Crippen LogP contribution >= 0.6 is 11.6 Å². The van der Waals surface area contributed by atoms with Gasteiger partial charge in [-0.25, -0.2) is 0 Å². The summed E-state index contributed by atoms with van der Waals surface area (Å²) in [6, 6.07) is 11.5. The molecule has 1 aliphatic heterocycles. The van der Waals surface area contributed by atoms with Crippen LogP contribution in [0, 0.1) is 0 Å². The van der Waals surface area contributed by atoms with Gasteiger partial charge in [0.2, 0.25) is 0 Å². The fraction of sp³-hybridized carbons (Fsp3) is 0.316. The van der Waals surface area contributed by atoms with E-state index in [0.29, 0.717) is 35.9 Å². The van der Waals surface area contributed by atoms with E-state index in [4.69, 9.17) is 16.3 Å². The van der Waals surface area contributed by atoms with Gasteiger partial charge >= 0.3 is 0 Å². The van der Waals surface area contributed by atoms with E-state index in [1.54, 1.807) is 18.5 Å². The highest BCUT2D eigenvalue weighted by molar-refractivity contribution is 6.30. The van der Waals surface area contributed by atoms with Crippen molar-refractivity contribution in [3.05, 3.63) is 64.9 Å². The predicted molar refractivity (Wildman–Crippen MR) is 98.5 cm³/mol. The lowest BCUT2D eigenvalue weighted by atomic mass is 9.74. The third-order valence-corrected chi connectivity index (χ3v) is 5.26. The molecule has 0 unspecified atom stereocenters. The largest absolute Gasteiger partial charge is 0.381 e. The average Bonchev–Trinajstić information content (AvgIpc) is 3.11. The van der Waals surface area contributed by atoms with Crippen molar-refractivity contribution in [2.45, 2.75) is 18.3 Å². The Morgan fingerprint density at radius 2 is 2.08 bits per heavy atom. The van der Waals surface area contributed by atoms with Gasteiger partial charge in [0.05, 0.1) is 11.8 Å². The third-order valence-electron chi connectivity index (χ3n) is 5.02. The van der Waals surface area contributed by atoms with Crippen LogP contribution in [0.3, 0.4) is 0 Å². The van der Waals surface area contributed by atoms with Crippen LogP contribution in [0.4, 0.5) is 0 Å². The molecular weight excluding hydrogens is 352 g/mol. The van der Waals surface area contributed by atoms with E-state index in [1.807, 2.05) is 24.3 Å². The summed E-state index contributed by atoms with van der Waals surface area (Å²) in [4.78, 5) is 12.8. The van der Waals surface area contributed by atoms with Gasteiger partial charge in [0.15, 0.2) is 0 Å². The number of nitrogens with one attached hydrogen (secondary N) is 1. The predicted octanol–water partition coefficient (Wildman–Crippen LogP) is 2.86. The molecule has 1 aromatic carbocycles. The molecular formula is C19H19ClN4O2. The Morgan fingerprint density at radius 1 is 1.23 bits per heavy atom. The Kier molecular flexibility index (Phi) is 4.61. The van der Waals surface area contributed by atoms with Gasteiger partial charge in [0, 0.05) is 36.4 Å². The van der Waals surface area contributed by atoms with Crippen LogP contribution < -0.4 is 5.32 Å². The van der Waals surface area contributed by atoms with E-state index in [-0.39, 0.29) is 11.3 Å². The fourth-order valence-corrected chi connectivity index (χ4v) is 3.69. The van der Waals surface area contributed by atoms with Gasteiger partial charge in [-0.05, 0) is 42.7 Å². The van der Waals surface area contributed by atoms with E-state index in [9.17, 15) is 4.79 Å². The first-order chi connectivity index (χ1) is 12.7. The molecule has 7 heteroatoms. The lowest BCUT2D eigenvalue weighted by molar-refractivity contribution is 0.0487. The summed E-state index contributed by atoms with van der Waals surface area (Å²) >= 11 is 6.20. The first-order valence-electron chi connectivity index (χ1n) is 8.59. The second-order valence-electron chi connectivity index (χ2n) is 6.54. The van der Waals surface area contributed by atoms with Crippen LogP contribution in [-0.2, 0) is 10.2 Å². The molecule has 0 radical (unpaired) electrons. The van der Waals surface area contributed by atoms with Gasteiger partial charge in [0.1, 0.15) is 5.52 Å². The Bertz CT molecular complexity index is 934. The standard InChI is InChI=1S/C19H19ClN4O2/c20-15-4-1-3-14(11-15)19(6-9-26-10-7-19)13-21-18(25)16-12-23-24-17(16)5-2-8-22-24/h1-5,8,11-12H,6-7,9-10,13H2,(H,21,25). The van der Waals surface area contributed by atoms with E-state index < -0.39 is 0 Å². The van der Waals surface area contributed by atoms with Gasteiger partial charge < -0.3 is 10.1 Å². The van der Waals surface area contributed by atoms with Crippen molar-refractivity contribution in [1.82, 2.24) is 20.1 Å². The molecule has 134 valence electrons. The van der Waals surface area contributed by atoms with Crippen LogP contribution in [0.5, 0.6) is 0 Å². The number of hydrogen-bond acceptors (Lipinski definition) is 4. The quantitative estimate of drug-likeness (QED) is 0.766. The summed E-state index contributed by atoms with van der Waals surface area (Å²) in [5.74, 6) is -0.152. The zero-order valence-electron chi connectivity index (χ0n) is 14.2. The number of halogens is 1. The minimum absolute atomic E-state index is 0.152. The normalized spacial score (nSPS) is 16.5. The summed E-state index contributed by atoms with van der Waals surface area (Å²) in [6.07, 6.45) is 4.86. The Morgan fingerprint density at radius 3 is 2.88 bits per heavy atom. The third kappa shape index (κ3) is 3.18. The number of fused-ring (bicyclic) bond motifs is 1. The molecule has 1 fully saturated rings. The van der Waals surface area contributed by atoms with Gasteiger partial charge in [-0.15, -0.1) is 0 Å². The van der Waals surface area contributed by atoms with Gasteiger partial charge in [-0.1, -0.05) is 23.7 Å². The number of nitrogens with zero attached hydrogens (tertiary/aromatic N) is 3. The summed E-state index contributed by atoms with van der Waals surface area (Å²) in [7, 11) is 0. The zero-order chi connectivity index (χ0) is 18.0. The molecule has 1 N–H and O–H groups in total. The van der Waals surface area contributed by atoms with Crippen molar-refractivity contribution >= 4 is 23.0 Å². The number of hydrogen-bond donors (Lipinski definition) is 1. The number of benzene rings is 1. The van der Waals surface area contributed by atoms with Crippen LogP contribution in [-0.4, -0.2) is 40.5 Å². The van der Waals surface area contributed by atoms with Crippen LogP contribution in [0.25, 0.3) is 5.52 Å². The molecule has 26 heavy (non-hydrogen) atoms. The first-order valence-corrected chi connectivity index (χ1v) is 8.97. The highest BCUT2D eigenvalue weighted by Gasteiger charge is 2.35. The van der Waals surface area contributed by atoms with Crippen molar-refractivity contribution < 1.29 is 9.53 Å². The Hall–Kier alpha value is -2.44. The smallest absolute Gasteiger partial charge is 0.255 e. The van der Waals surface area contributed by atoms with E-state index >= 15 is 0 Å². The van der Waals surface area contributed by atoms with Gasteiger partial charge in [-0.3, -0.25) is 4.79 Å². The maximum absolute atomic E-state index is 12.8. The monoisotopic (exact) mass is 370 g/mol. The van der Waals surface area contributed by atoms with Crippen LogP contribution in [0.1, 0.15) is 28.8 Å². The molecule has 1 aliphatic rings. The van der Waals surface area contributed by atoms with Crippen molar-refractivity contribution in [2.75, 3.05) is 19.8 Å². The minimum Gasteiger partial charge on any atom is -0.381 e. The van der Waals surface area contributed by atoms with Gasteiger partial charge in [-0.2, -0.15) is 14.8 Å². The summed E-state index contributed by atoms with van der Waals surface area (Å²) in [5, 5.41) is 12.0. The van der Waals surface area contributed by atoms with Crippen LogP contribution in [0.2, 0.25) is 5.02 Å². The molecule has 1 amide bonds. The Labute approximate surface area is 156 Å². The molecule has 0 spiro atoms. The highest BCUT2D eigenvalue weighted by atomic mass is 35.5. The number of ether oxygens (including phenoxy) is 1. The molecule has 2 aromatic heterocycles. The SMILES string of the molecule is O=C(NCC1(c2cccc(Cl)c2)CCOCC1)c1cnn2ncccc12. The number of aromatic nitrogens is 3. The molecule has 0 saturated carbocycles. The van der Waals surface area contributed by atoms with Crippen molar-refractivity contribution in [2.24, 2.45) is 0 Å². The maximum atomic E-state index is 12.8. The van der Waals surface area contributed by atoms with Crippen molar-refractivity contribution in [3.8, 4) is 0 Å². The maximum Gasteiger partial charge on any atom is 0.255 e. The number of carbonyl (C=O) groups is 1. The van der Waals surface area contributed by atoms with Gasteiger partial charge in [0.25, 0.3) is 5.91 Å². The molecule has 3 heterocycles. The second-order valence-corrected chi connectivity index (χ2v) is 6.98. The molecule has 0 bridgehead atoms. The highest BCUT2D eigenvalue weighted by Crippen LogP contribution is 2.35. The summed E-state index contributed by atoms with van der Waals surface area (Å²) in [5.41, 5.74) is 2.16. The molecule has 1 saturated heterocycles. The van der Waals surface area contributed by atoms with E-state index in [1.165, 1.54) is 4.63 Å². The Balaban J connectivity index is 1.58. The number of amides is 1. The first kappa shape index (κ1) is 17.0. The summed E-state index contributed by atoms with van der Waals surface area (Å²) in [6.45, 7) is 1.86. The van der Waals surface area contributed by atoms with E-state index in [2.05, 4.69) is 21.6 Å². The minimum atomic E-state index is -0.181. The van der Waals surface area contributed by atoms with E-state index in [0.717, 1.165) is 18.4 Å². The van der Waals surface area contributed by atoms with Crippen molar-refractivity contribution in [3.63, 3.8) is 0 Å². The number of rotatable bonds is 4. The van der Waals surface area contributed by atoms with Crippen LogP contribution in [0.15, 0.2) is 48.8 Å². The van der Waals surface area contributed by atoms with Crippen molar-refractivity contribution in [1.29, 1.82) is 0 Å². The molecule has 6 nitrogen and oxygen atoms in total. The lowest BCUT2D eigenvalue weighted by Crippen LogP contribution is -2.44. The number of carbonyl (C=O) groups excluding carboxylic acids is 1. The summed E-state index contributed by atoms with van der Waals surface area (Å²) < 4.78 is 7.00. The lowest BCUT2D eigenvalue weighted by Gasteiger charge is -2.38. The average molecular weight is 371 g/mol. The molecule has 0 aliphatic carbocycles. The second kappa shape index (κ2) is 7.05.